The summed E-state index contributed by atoms with van der Waals surface area (Å²) in [7, 11) is 0. The van der Waals surface area contributed by atoms with Crippen LogP contribution in [-0.2, 0) is 0 Å². The van der Waals surface area contributed by atoms with E-state index in [1.54, 1.807) is 6.92 Å². The van der Waals surface area contributed by atoms with Gasteiger partial charge in [0.25, 0.3) is 0 Å². The third-order valence-corrected chi connectivity index (χ3v) is 3.97. The number of carbonyl (C=O) groups is 1. The Hall–Kier alpha value is -2.14. The Morgan fingerprint density at radius 3 is 2.89 bits per heavy atom. The van der Waals surface area contributed by atoms with Gasteiger partial charge in [0.1, 0.15) is 5.01 Å². The zero-order valence-corrected chi connectivity index (χ0v) is 10.4. The monoisotopic (exact) mass is 257 g/mol. The van der Waals surface area contributed by atoms with Gasteiger partial charge in [-0.05, 0) is 13.0 Å². The molecule has 0 unspecified atom stereocenters. The average Bonchev–Trinajstić information content (AvgIpc) is 2.92. The van der Waals surface area contributed by atoms with Gasteiger partial charge in [-0.15, -0.1) is 11.3 Å². The summed E-state index contributed by atoms with van der Waals surface area (Å²) in [5.41, 5.74) is 2.43. The number of aromatic amines is 1. The molecule has 3 aromatic rings. The van der Waals surface area contributed by atoms with E-state index in [-0.39, 0.29) is 4.88 Å². The molecule has 18 heavy (non-hydrogen) atoms. The van der Waals surface area contributed by atoms with Crippen LogP contribution in [0.4, 0.5) is 0 Å². The van der Waals surface area contributed by atoms with Crippen LogP contribution in [-0.4, -0.2) is 15.9 Å². The van der Waals surface area contributed by atoms with Gasteiger partial charge in [0, 0.05) is 22.7 Å². The number of H-pyrrole nitrogens is 1. The molecule has 2 aromatic heterocycles. The average molecular weight is 257 g/mol. The quantitative estimate of drug-likeness (QED) is 0.763. The summed E-state index contributed by atoms with van der Waals surface area (Å²) in [6.45, 7) is 1.68. The first-order valence-corrected chi connectivity index (χ1v) is 6.23. The molecule has 0 radical (unpaired) electrons. The number of aryl methyl sites for hydroxylation is 1. The van der Waals surface area contributed by atoms with Gasteiger partial charge in [-0.25, -0.2) is 4.98 Å². The van der Waals surface area contributed by atoms with Gasteiger partial charge in [0.05, 0.1) is 16.5 Å². The Kier molecular flexibility index (Phi) is 2.41. The van der Waals surface area contributed by atoms with Crippen LogP contribution in [0, 0.1) is 6.92 Å². The SMILES string of the molecule is Cc1nc(-c2c[nH]c3ccccc23)sc1C(=O)[O-]. The first-order valence-electron chi connectivity index (χ1n) is 5.42. The number of thiazole rings is 1. The van der Waals surface area contributed by atoms with Gasteiger partial charge in [0.2, 0.25) is 0 Å². The van der Waals surface area contributed by atoms with E-state index in [0.717, 1.165) is 27.8 Å². The number of para-hydroxylation sites is 1. The fourth-order valence-electron chi connectivity index (χ4n) is 1.95. The van der Waals surface area contributed by atoms with Crippen molar-refractivity contribution in [3.8, 4) is 10.6 Å². The molecule has 0 atom stereocenters. The molecule has 2 heterocycles. The highest BCUT2D eigenvalue weighted by Crippen LogP contribution is 2.32. The molecule has 0 saturated heterocycles. The van der Waals surface area contributed by atoms with Gasteiger partial charge in [-0.1, -0.05) is 18.2 Å². The lowest BCUT2D eigenvalue weighted by atomic mass is 10.2. The second-order valence-electron chi connectivity index (χ2n) is 3.97. The van der Waals surface area contributed by atoms with Crippen molar-refractivity contribution in [3.05, 3.63) is 41.0 Å². The van der Waals surface area contributed by atoms with Crippen LogP contribution in [0.3, 0.4) is 0 Å². The molecule has 1 aromatic carbocycles. The maximum Gasteiger partial charge on any atom is 0.126 e. The predicted molar refractivity (Wildman–Crippen MR) is 68.5 cm³/mol. The molecule has 3 rings (SSSR count). The van der Waals surface area contributed by atoms with Crippen LogP contribution >= 0.6 is 11.3 Å². The van der Waals surface area contributed by atoms with E-state index in [0.29, 0.717) is 10.7 Å². The summed E-state index contributed by atoms with van der Waals surface area (Å²) in [5.74, 6) is -1.17. The van der Waals surface area contributed by atoms with Crippen molar-refractivity contribution in [1.82, 2.24) is 9.97 Å². The third-order valence-electron chi connectivity index (χ3n) is 2.80. The number of carbonyl (C=O) groups excluding carboxylic acids is 1. The second-order valence-corrected chi connectivity index (χ2v) is 4.97. The van der Waals surface area contributed by atoms with Crippen LogP contribution in [0.1, 0.15) is 15.4 Å². The summed E-state index contributed by atoms with van der Waals surface area (Å²) >= 11 is 1.15. The molecule has 0 saturated carbocycles. The van der Waals surface area contributed by atoms with Crippen LogP contribution in [0.5, 0.6) is 0 Å². The Labute approximate surface area is 107 Å². The van der Waals surface area contributed by atoms with Crippen LogP contribution < -0.4 is 5.11 Å². The number of carboxylic acids is 1. The lowest BCUT2D eigenvalue weighted by Crippen LogP contribution is -2.21. The van der Waals surface area contributed by atoms with Crippen LogP contribution in [0.2, 0.25) is 0 Å². The van der Waals surface area contributed by atoms with Crippen molar-refractivity contribution in [3.63, 3.8) is 0 Å². The van der Waals surface area contributed by atoms with Crippen molar-refractivity contribution in [2.45, 2.75) is 6.92 Å². The van der Waals surface area contributed by atoms with Crippen molar-refractivity contribution in [2.24, 2.45) is 0 Å². The minimum atomic E-state index is -1.17. The molecule has 4 nitrogen and oxygen atoms in total. The molecule has 0 bridgehead atoms. The lowest BCUT2D eigenvalue weighted by Gasteiger charge is -1.95. The normalized spacial score (nSPS) is 10.9. The van der Waals surface area contributed by atoms with E-state index in [9.17, 15) is 9.90 Å². The fraction of sp³-hybridized carbons (Fsp3) is 0.0769. The predicted octanol–water partition coefficient (Wildman–Crippen LogP) is 1.96. The van der Waals surface area contributed by atoms with E-state index in [2.05, 4.69) is 9.97 Å². The summed E-state index contributed by atoms with van der Waals surface area (Å²) in [5, 5.41) is 12.7. The summed E-state index contributed by atoms with van der Waals surface area (Å²) < 4.78 is 0. The lowest BCUT2D eigenvalue weighted by molar-refractivity contribution is -0.254. The summed E-state index contributed by atoms with van der Waals surface area (Å²) in [6, 6.07) is 7.84. The van der Waals surface area contributed by atoms with Gasteiger partial charge >= 0.3 is 0 Å². The van der Waals surface area contributed by atoms with Crippen LogP contribution in [0.25, 0.3) is 21.5 Å². The number of hydrogen-bond acceptors (Lipinski definition) is 4. The molecular formula is C13H9N2O2S-. The van der Waals surface area contributed by atoms with Crippen molar-refractivity contribution >= 4 is 28.2 Å². The zero-order valence-electron chi connectivity index (χ0n) is 9.56. The van der Waals surface area contributed by atoms with Gasteiger partial charge in [0.15, 0.2) is 0 Å². The number of nitrogens with one attached hydrogen (secondary N) is 1. The number of aromatic carboxylic acids is 1. The molecule has 0 aliphatic carbocycles. The number of fused-ring (bicyclic) bond motifs is 1. The maximum atomic E-state index is 10.9. The number of nitrogens with zero attached hydrogens (tertiary/aromatic N) is 1. The highest BCUT2D eigenvalue weighted by Gasteiger charge is 2.13. The molecule has 5 heteroatoms. The summed E-state index contributed by atoms with van der Waals surface area (Å²) in [6.07, 6.45) is 1.85. The molecule has 0 aliphatic rings. The van der Waals surface area contributed by atoms with Crippen LogP contribution in [0.15, 0.2) is 30.5 Å². The molecule has 0 fully saturated rings. The Morgan fingerprint density at radius 1 is 1.39 bits per heavy atom. The standard InChI is InChI=1S/C13H10N2O2S/c1-7-11(13(16)17)18-12(15-7)9-6-14-10-5-3-2-4-8(9)10/h2-6,14H,1H3,(H,16,17)/p-1. The smallest absolute Gasteiger partial charge is 0.126 e. The molecule has 90 valence electrons. The second kappa shape index (κ2) is 3.96. The molecule has 0 aliphatic heterocycles. The molecule has 0 amide bonds. The van der Waals surface area contributed by atoms with E-state index in [1.807, 2.05) is 30.5 Å². The Bertz CT molecular complexity index is 742. The topological polar surface area (TPSA) is 68.8 Å². The minimum absolute atomic E-state index is 0.190. The number of rotatable bonds is 2. The largest absolute Gasteiger partial charge is 0.544 e. The first kappa shape index (κ1) is 11.0. The number of aromatic nitrogens is 2. The van der Waals surface area contributed by atoms with Gasteiger partial charge < -0.3 is 14.9 Å². The molecule has 1 N–H and O–H groups in total. The van der Waals surface area contributed by atoms with E-state index in [1.165, 1.54) is 0 Å². The summed E-state index contributed by atoms with van der Waals surface area (Å²) in [4.78, 5) is 18.6. The zero-order chi connectivity index (χ0) is 12.7. The number of benzene rings is 1. The van der Waals surface area contributed by atoms with E-state index < -0.39 is 5.97 Å². The van der Waals surface area contributed by atoms with E-state index >= 15 is 0 Å². The molecule has 0 spiro atoms. The third kappa shape index (κ3) is 1.60. The number of carboxylic acid groups (broad SMARTS) is 1. The van der Waals surface area contributed by atoms with Crippen molar-refractivity contribution in [1.29, 1.82) is 0 Å². The maximum absolute atomic E-state index is 10.9. The number of hydrogen-bond donors (Lipinski definition) is 1. The molecular weight excluding hydrogens is 248 g/mol. The van der Waals surface area contributed by atoms with Gasteiger partial charge in [-0.2, -0.15) is 0 Å². The van der Waals surface area contributed by atoms with Crippen molar-refractivity contribution < 1.29 is 9.90 Å². The Balaban J connectivity index is 2.20. The highest BCUT2D eigenvalue weighted by atomic mass is 32.1. The first-order chi connectivity index (χ1) is 8.66. The fourth-order valence-corrected chi connectivity index (χ4v) is 2.88. The van der Waals surface area contributed by atoms with E-state index in [4.69, 9.17) is 0 Å². The van der Waals surface area contributed by atoms with Crippen molar-refractivity contribution in [2.75, 3.05) is 0 Å². The Morgan fingerprint density at radius 2 is 2.17 bits per heavy atom. The van der Waals surface area contributed by atoms with Gasteiger partial charge in [-0.3, -0.25) is 0 Å². The minimum Gasteiger partial charge on any atom is -0.544 e. The highest BCUT2D eigenvalue weighted by molar-refractivity contribution is 7.17.